The summed E-state index contributed by atoms with van der Waals surface area (Å²) >= 11 is 2.10. The quantitative estimate of drug-likeness (QED) is 0.797. The van der Waals surface area contributed by atoms with Gasteiger partial charge in [0, 0.05) is 6.42 Å². The number of hydrogen-bond acceptors (Lipinski definition) is 3. The van der Waals surface area contributed by atoms with Gasteiger partial charge in [-0.3, -0.25) is 0 Å². The number of nitrogens with one attached hydrogen (secondary N) is 1. The van der Waals surface area contributed by atoms with Gasteiger partial charge in [0.05, 0.1) is 12.6 Å². The van der Waals surface area contributed by atoms with E-state index in [4.69, 9.17) is 4.74 Å². The summed E-state index contributed by atoms with van der Waals surface area (Å²) in [6.07, 6.45) is 7.36. The van der Waals surface area contributed by atoms with Crippen molar-refractivity contribution in [1.29, 1.82) is 0 Å². The Bertz CT molecular complexity index is 224. The van der Waals surface area contributed by atoms with Gasteiger partial charge >= 0.3 is 0 Å². The topological polar surface area (TPSA) is 21.3 Å². The van der Waals surface area contributed by atoms with E-state index in [2.05, 4.69) is 23.2 Å². The standard InChI is InChI=1S/C12H21NOS/c1-13-11(12-3-2-6-14-12)9-10-4-7-15-8-5-10/h3,10-11,13H,2,4-9H2,1H3. The molecule has 1 N–H and O–H groups in total. The molecular weight excluding hydrogens is 206 g/mol. The second kappa shape index (κ2) is 5.80. The number of thioether (sulfide) groups is 1. The highest BCUT2D eigenvalue weighted by Gasteiger charge is 2.22. The Hall–Kier alpha value is -0.150. The van der Waals surface area contributed by atoms with Gasteiger partial charge in [0.1, 0.15) is 5.76 Å². The predicted octanol–water partition coefficient (Wildman–Crippen LogP) is 2.41. The molecule has 2 heterocycles. The van der Waals surface area contributed by atoms with E-state index in [-0.39, 0.29) is 0 Å². The summed E-state index contributed by atoms with van der Waals surface area (Å²) in [6.45, 7) is 0.883. The van der Waals surface area contributed by atoms with E-state index in [0.29, 0.717) is 6.04 Å². The smallest absolute Gasteiger partial charge is 0.109 e. The summed E-state index contributed by atoms with van der Waals surface area (Å²) in [5.41, 5.74) is 0. The van der Waals surface area contributed by atoms with Crippen molar-refractivity contribution in [2.45, 2.75) is 31.7 Å². The Labute approximate surface area is 96.8 Å². The first-order chi connectivity index (χ1) is 7.40. The summed E-state index contributed by atoms with van der Waals surface area (Å²) in [4.78, 5) is 0. The van der Waals surface area contributed by atoms with Crippen molar-refractivity contribution < 1.29 is 4.74 Å². The molecule has 0 aliphatic carbocycles. The average molecular weight is 227 g/mol. The van der Waals surface area contributed by atoms with Crippen LogP contribution in [0.2, 0.25) is 0 Å². The molecule has 0 spiro atoms. The van der Waals surface area contributed by atoms with Crippen LogP contribution in [0.5, 0.6) is 0 Å². The van der Waals surface area contributed by atoms with Crippen LogP contribution < -0.4 is 5.32 Å². The Balaban J connectivity index is 1.83. The lowest BCUT2D eigenvalue weighted by molar-refractivity contribution is 0.205. The molecule has 2 aliphatic rings. The van der Waals surface area contributed by atoms with E-state index in [1.165, 1.54) is 36.5 Å². The minimum Gasteiger partial charge on any atom is -0.496 e. The summed E-state index contributed by atoms with van der Waals surface area (Å²) in [6, 6.07) is 0.459. The summed E-state index contributed by atoms with van der Waals surface area (Å²) in [5.74, 6) is 4.78. The minimum atomic E-state index is 0.459. The highest BCUT2D eigenvalue weighted by Crippen LogP contribution is 2.28. The molecule has 1 saturated heterocycles. The van der Waals surface area contributed by atoms with Crippen molar-refractivity contribution in [3.8, 4) is 0 Å². The molecular formula is C12H21NOS. The number of likely N-dealkylation sites (N-methyl/N-ethyl adjacent to an activating group) is 1. The van der Waals surface area contributed by atoms with Crippen LogP contribution in [0.1, 0.15) is 25.7 Å². The molecule has 1 fully saturated rings. The molecule has 0 bridgehead atoms. The molecule has 2 nitrogen and oxygen atoms in total. The predicted molar refractivity (Wildman–Crippen MR) is 66.2 cm³/mol. The zero-order valence-electron chi connectivity index (χ0n) is 9.50. The van der Waals surface area contributed by atoms with Crippen molar-refractivity contribution in [2.75, 3.05) is 25.2 Å². The second-order valence-corrected chi connectivity index (χ2v) is 5.60. The molecule has 0 radical (unpaired) electrons. The van der Waals surface area contributed by atoms with Crippen molar-refractivity contribution in [1.82, 2.24) is 5.32 Å². The fourth-order valence-electron chi connectivity index (χ4n) is 2.37. The van der Waals surface area contributed by atoms with E-state index >= 15 is 0 Å². The van der Waals surface area contributed by atoms with Gasteiger partial charge in [-0.15, -0.1) is 0 Å². The van der Waals surface area contributed by atoms with Crippen molar-refractivity contribution >= 4 is 11.8 Å². The number of hydrogen-bond donors (Lipinski definition) is 1. The fourth-order valence-corrected chi connectivity index (χ4v) is 3.58. The SMILES string of the molecule is CNC(CC1CCSCC1)C1=CCCO1. The third-order valence-electron chi connectivity index (χ3n) is 3.33. The molecule has 15 heavy (non-hydrogen) atoms. The van der Waals surface area contributed by atoms with Gasteiger partial charge in [-0.25, -0.2) is 0 Å². The second-order valence-electron chi connectivity index (χ2n) is 4.38. The molecule has 3 heteroatoms. The maximum Gasteiger partial charge on any atom is 0.109 e. The molecule has 0 saturated carbocycles. The van der Waals surface area contributed by atoms with Crippen LogP contribution in [0, 0.1) is 5.92 Å². The lowest BCUT2D eigenvalue weighted by Crippen LogP contribution is -2.31. The highest BCUT2D eigenvalue weighted by molar-refractivity contribution is 7.99. The lowest BCUT2D eigenvalue weighted by atomic mass is 9.93. The van der Waals surface area contributed by atoms with Crippen LogP contribution >= 0.6 is 11.8 Å². The summed E-state index contributed by atoms with van der Waals surface area (Å²) in [7, 11) is 2.05. The van der Waals surface area contributed by atoms with Crippen LogP contribution in [0.4, 0.5) is 0 Å². The molecule has 0 amide bonds. The van der Waals surface area contributed by atoms with E-state index in [1.807, 2.05) is 7.05 Å². The largest absolute Gasteiger partial charge is 0.496 e. The van der Waals surface area contributed by atoms with Gasteiger partial charge in [-0.1, -0.05) is 0 Å². The normalized spacial score (nSPS) is 24.7. The molecule has 2 rings (SSSR count). The van der Waals surface area contributed by atoms with E-state index < -0.39 is 0 Å². The maximum absolute atomic E-state index is 5.64. The Morgan fingerprint density at radius 2 is 2.33 bits per heavy atom. The van der Waals surface area contributed by atoms with Gasteiger partial charge < -0.3 is 10.1 Å². The first-order valence-electron chi connectivity index (χ1n) is 5.98. The van der Waals surface area contributed by atoms with Crippen LogP contribution in [-0.2, 0) is 4.74 Å². The Morgan fingerprint density at radius 3 is 2.93 bits per heavy atom. The van der Waals surface area contributed by atoms with Crippen LogP contribution in [-0.4, -0.2) is 31.2 Å². The van der Waals surface area contributed by atoms with Crippen molar-refractivity contribution in [3.05, 3.63) is 11.8 Å². The molecule has 0 aromatic carbocycles. The zero-order chi connectivity index (χ0) is 10.5. The van der Waals surface area contributed by atoms with Gasteiger partial charge in [0.2, 0.25) is 0 Å². The first kappa shape index (κ1) is 11.3. The van der Waals surface area contributed by atoms with Crippen LogP contribution in [0.25, 0.3) is 0 Å². The van der Waals surface area contributed by atoms with Crippen molar-refractivity contribution in [3.63, 3.8) is 0 Å². The molecule has 0 aromatic rings. The number of ether oxygens (including phenoxy) is 1. The maximum atomic E-state index is 5.64. The van der Waals surface area contributed by atoms with Crippen LogP contribution in [0.3, 0.4) is 0 Å². The lowest BCUT2D eigenvalue weighted by Gasteiger charge is -2.26. The Kier molecular flexibility index (Phi) is 4.39. The average Bonchev–Trinajstić information content (AvgIpc) is 2.81. The van der Waals surface area contributed by atoms with Gasteiger partial charge in [-0.2, -0.15) is 11.8 Å². The molecule has 0 aromatic heterocycles. The third-order valence-corrected chi connectivity index (χ3v) is 4.38. The zero-order valence-corrected chi connectivity index (χ0v) is 10.3. The van der Waals surface area contributed by atoms with Gasteiger partial charge in [-0.05, 0) is 49.8 Å². The Morgan fingerprint density at radius 1 is 1.53 bits per heavy atom. The number of rotatable bonds is 4. The van der Waals surface area contributed by atoms with E-state index in [0.717, 1.165) is 18.9 Å². The molecule has 2 aliphatic heterocycles. The van der Waals surface area contributed by atoms with Gasteiger partial charge in [0.25, 0.3) is 0 Å². The summed E-state index contributed by atoms with van der Waals surface area (Å²) < 4.78 is 5.64. The first-order valence-corrected chi connectivity index (χ1v) is 7.13. The van der Waals surface area contributed by atoms with E-state index in [9.17, 15) is 0 Å². The molecule has 86 valence electrons. The van der Waals surface area contributed by atoms with Crippen LogP contribution in [0.15, 0.2) is 11.8 Å². The molecule has 1 atom stereocenters. The van der Waals surface area contributed by atoms with E-state index in [1.54, 1.807) is 0 Å². The minimum absolute atomic E-state index is 0.459. The monoisotopic (exact) mass is 227 g/mol. The fraction of sp³-hybridized carbons (Fsp3) is 0.833. The van der Waals surface area contributed by atoms with Gasteiger partial charge in [0.15, 0.2) is 0 Å². The highest BCUT2D eigenvalue weighted by atomic mass is 32.2. The molecule has 1 unspecified atom stereocenters. The summed E-state index contributed by atoms with van der Waals surface area (Å²) in [5, 5.41) is 3.39. The van der Waals surface area contributed by atoms with Crippen molar-refractivity contribution in [2.24, 2.45) is 5.92 Å². The third kappa shape index (κ3) is 3.15.